The van der Waals surface area contributed by atoms with Gasteiger partial charge in [0.2, 0.25) is 0 Å². The van der Waals surface area contributed by atoms with Gasteiger partial charge in [0.25, 0.3) is 0 Å². The highest BCUT2D eigenvalue weighted by Crippen LogP contribution is 2.21. The number of rotatable bonds is 4. The molecule has 1 aromatic rings. The molecule has 19 heavy (non-hydrogen) atoms. The van der Waals surface area contributed by atoms with Crippen molar-refractivity contribution in [2.45, 2.75) is 25.9 Å². The smallest absolute Gasteiger partial charge is 0.180 e. The standard InChI is InChI=1S/C15H21NO3/c1-11-5-6-13(15(8-11)19-2)14(18)10-16-7-3-4-12(17)9-16/h5-6,8,12,17H,3-4,7,9-10H2,1-2H3. The number of Topliss-reactive ketones (excluding diaryl/α,β-unsaturated/α-hetero) is 1. The normalized spacial score (nSPS) is 20.3. The van der Waals surface area contributed by atoms with Gasteiger partial charge >= 0.3 is 0 Å². The molecule has 104 valence electrons. The Hall–Kier alpha value is -1.39. The number of hydrogen-bond acceptors (Lipinski definition) is 4. The van der Waals surface area contributed by atoms with E-state index in [1.54, 1.807) is 7.11 Å². The van der Waals surface area contributed by atoms with Crippen LogP contribution in [-0.4, -0.2) is 48.6 Å². The number of ketones is 1. The zero-order chi connectivity index (χ0) is 13.8. The second-order valence-electron chi connectivity index (χ2n) is 5.16. The van der Waals surface area contributed by atoms with Gasteiger partial charge in [0.1, 0.15) is 5.75 Å². The van der Waals surface area contributed by atoms with Crippen molar-refractivity contribution in [3.05, 3.63) is 29.3 Å². The van der Waals surface area contributed by atoms with Crippen molar-refractivity contribution >= 4 is 5.78 Å². The number of ether oxygens (including phenoxy) is 1. The fourth-order valence-electron chi connectivity index (χ4n) is 2.49. The first-order valence-corrected chi connectivity index (χ1v) is 6.68. The number of nitrogens with zero attached hydrogens (tertiary/aromatic N) is 1. The number of hydrogen-bond donors (Lipinski definition) is 1. The second kappa shape index (κ2) is 6.17. The molecule has 2 rings (SSSR count). The molecule has 0 aliphatic carbocycles. The number of likely N-dealkylation sites (tertiary alicyclic amines) is 1. The Bertz CT molecular complexity index is 459. The lowest BCUT2D eigenvalue weighted by molar-refractivity contribution is 0.0633. The van der Waals surface area contributed by atoms with Crippen molar-refractivity contribution < 1.29 is 14.6 Å². The fraction of sp³-hybridized carbons (Fsp3) is 0.533. The van der Waals surface area contributed by atoms with E-state index in [1.165, 1.54) is 0 Å². The van der Waals surface area contributed by atoms with Crippen LogP contribution in [0.25, 0.3) is 0 Å². The number of carbonyl (C=O) groups is 1. The summed E-state index contributed by atoms with van der Waals surface area (Å²) in [6.07, 6.45) is 1.47. The van der Waals surface area contributed by atoms with Crippen LogP contribution in [-0.2, 0) is 0 Å². The summed E-state index contributed by atoms with van der Waals surface area (Å²) < 4.78 is 5.27. The Labute approximate surface area is 114 Å². The average molecular weight is 263 g/mol. The lowest BCUT2D eigenvalue weighted by atomic mass is 10.0. The molecule has 1 aliphatic heterocycles. The number of β-amino-alcohol motifs (C(OH)–C–C–N with tert-alkyl or cyclic N) is 1. The largest absolute Gasteiger partial charge is 0.496 e. The molecule has 4 heteroatoms. The van der Waals surface area contributed by atoms with Gasteiger partial charge in [-0.25, -0.2) is 0 Å². The molecule has 0 amide bonds. The van der Waals surface area contributed by atoms with Gasteiger partial charge in [-0.05, 0) is 44.0 Å². The maximum Gasteiger partial charge on any atom is 0.180 e. The Morgan fingerprint density at radius 2 is 2.32 bits per heavy atom. The van der Waals surface area contributed by atoms with Crippen LogP contribution in [0.3, 0.4) is 0 Å². The van der Waals surface area contributed by atoms with Crippen molar-refractivity contribution in [3.63, 3.8) is 0 Å². The van der Waals surface area contributed by atoms with Gasteiger partial charge in [0.05, 0.1) is 25.3 Å². The maximum atomic E-state index is 12.3. The molecule has 1 aromatic carbocycles. The summed E-state index contributed by atoms with van der Waals surface area (Å²) in [6, 6.07) is 5.61. The van der Waals surface area contributed by atoms with E-state index < -0.39 is 0 Å². The van der Waals surface area contributed by atoms with E-state index in [0.29, 0.717) is 24.4 Å². The SMILES string of the molecule is COc1cc(C)ccc1C(=O)CN1CCCC(O)C1. The van der Waals surface area contributed by atoms with E-state index in [2.05, 4.69) is 0 Å². The summed E-state index contributed by atoms with van der Waals surface area (Å²) >= 11 is 0. The monoisotopic (exact) mass is 263 g/mol. The average Bonchev–Trinajstić information content (AvgIpc) is 2.38. The second-order valence-corrected chi connectivity index (χ2v) is 5.16. The third kappa shape index (κ3) is 3.55. The fourth-order valence-corrected chi connectivity index (χ4v) is 2.49. The molecule has 1 aliphatic rings. The van der Waals surface area contributed by atoms with E-state index in [1.807, 2.05) is 30.0 Å². The zero-order valence-corrected chi connectivity index (χ0v) is 11.6. The number of piperidine rings is 1. The predicted octanol–water partition coefficient (Wildman–Crippen LogP) is 1.64. The summed E-state index contributed by atoms with van der Waals surface area (Å²) in [5, 5.41) is 9.62. The first kappa shape index (κ1) is 14.0. The van der Waals surface area contributed by atoms with Crippen molar-refractivity contribution in [1.29, 1.82) is 0 Å². The minimum absolute atomic E-state index is 0.0472. The summed E-state index contributed by atoms with van der Waals surface area (Å²) in [5.74, 6) is 0.675. The van der Waals surface area contributed by atoms with Gasteiger partial charge in [-0.3, -0.25) is 9.69 Å². The summed E-state index contributed by atoms with van der Waals surface area (Å²) in [5.41, 5.74) is 1.69. The van der Waals surface area contributed by atoms with E-state index >= 15 is 0 Å². The van der Waals surface area contributed by atoms with E-state index in [0.717, 1.165) is 24.9 Å². The van der Waals surface area contributed by atoms with Crippen LogP contribution < -0.4 is 4.74 Å². The molecule has 0 aromatic heterocycles. The minimum atomic E-state index is -0.304. The molecule has 0 saturated carbocycles. The van der Waals surface area contributed by atoms with E-state index in [-0.39, 0.29) is 11.9 Å². The quantitative estimate of drug-likeness (QED) is 0.839. The lowest BCUT2D eigenvalue weighted by Gasteiger charge is -2.29. The molecule has 0 spiro atoms. The first-order chi connectivity index (χ1) is 9.10. The molecule has 4 nitrogen and oxygen atoms in total. The molecular weight excluding hydrogens is 242 g/mol. The summed E-state index contributed by atoms with van der Waals surface area (Å²) in [4.78, 5) is 14.3. The Morgan fingerprint density at radius 3 is 3.00 bits per heavy atom. The van der Waals surface area contributed by atoms with Crippen molar-refractivity contribution in [1.82, 2.24) is 4.90 Å². The van der Waals surface area contributed by atoms with Gasteiger partial charge in [0, 0.05) is 6.54 Å². The highest BCUT2D eigenvalue weighted by Gasteiger charge is 2.21. The molecular formula is C15H21NO3. The van der Waals surface area contributed by atoms with E-state index in [4.69, 9.17) is 4.74 Å². The third-order valence-electron chi connectivity index (χ3n) is 3.51. The Balaban J connectivity index is 2.07. The van der Waals surface area contributed by atoms with Crippen LogP contribution >= 0.6 is 0 Å². The van der Waals surface area contributed by atoms with Crippen molar-refractivity contribution in [3.8, 4) is 5.75 Å². The van der Waals surface area contributed by atoms with Crippen LogP contribution in [0.15, 0.2) is 18.2 Å². The van der Waals surface area contributed by atoms with Gasteiger partial charge in [-0.2, -0.15) is 0 Å². The van der Waals surface area contributed by atoms with Crippen LogP contribution in [0.4, 0.5) is 0 Å². The van der Waals surface area contributed by atoms with Gasteiger partial charge in [-0.15, -0.1) is 0 Å². The molecule has 1 fully saturated rings. The summed E-state index contributed by atoms with van der Waals surface area (Å²) in [6.45, 7) is 3.77. The number of aliphatic hydroxyl groups is 1. The number of aliphatic hydroxyl groups excluding tert-OH is 1. The van der Waals surface area contributed by atoms with Crippen LogP contribution in [0.5, 0.6) is 5.75 Å². The number of carbonyl (C=O) groups excluding carboxylic acids is 1. The van der Waals surface area contributed by atoms with Gasteiger partial charge in [0.15, 0.2) is 5.78 Å². The molecule has 1 N–H and O–H groups in total. The highest BCUT2D eigenvalue weighted by atomic mass is 16.5. The predicted molar refractivity (Wildman–Crippen MR) is 73.7 cm³/mol. The van der Waals surface area contributed by atoms with Gasteiger partial charge in [-0.1, -0.05) is 6.07 Å². The number of methoxy groups -OCH3 is 1. The van der Waals surface area contributed by atoms with Crippen LogP contribution in [0, 0.1) is 6.92 Å². The van der Waals surface area contributed by atoms with Gasteiger partial charge < -0.3 is 9.84 Å². The van der Waals surface area contributed by atoms with Crippen molar-refractivity contribution in [2.24, 2.45) is 0 Å². The molecule has 0 bridgehead atoms. The first-order valence-electron chi connectivity index (χ1n) is 6.68. The maximum absolute atomic E-state index is 12.3. The molecule has 1 atom stereocenters. The molecule has 1 saturated heterocycles. The highest BCUT2D eigenvalue weighted by molar-refractivity contribution is 6.00. The minimum Gasteiger partial charge on any atom is -0.496 e. The number of aryl methyl sites for hydroxylation is 1. The number of benzene rings is 1. The van der Waals surface area contributed by atoms with Crippen LogP contribution in [0.1, 0.15) is 28.8 Å². The van der Waals surface area contributed by atoms with Crippen molar-refractivity contribution in [2.75, 3.05) is 26.7 Å². The zero-order valence-electron chi connectivity index (χ0n) is 11.6. The Kier molecular flexibility index (Phi) is 4.56. The molecule has 1 heterocycles. The molecule has 1 unspecified atom stereocenters. The Morgan fingerprint density at radius 1 is 1.53 bits per heavy atom. The summed E-state index contributed by atoms with van der Waals surface area (Å²) in [7, 11) is 1.58. The van der Waals surface area contributed by atoms with Crippen LogP contribution in [0.2, 0.25) is 0 Å². The lowest BCUT2D eigenvalue weighted by Crippen LogP contribution is -2.41. The van der Waals surface area contributed by atoms with E-state index in [9.17, 15) is 9.90 Å². The molecule has 0 radical (unpaired) electrons. The topological polar surface area (TPSA) is 49.8 Å². The third-order valence-corrected chi connectivity index (χ3v) is 3.51.